The first-order valence-electron chi connectivity index (χ1n) is 9.26. The summed E-state index contributed by atoms with van der Waals surface area (Å²) < 4.78 is 34.0. The molecule has 2 aromatic carbocycles. The quantitative estimate of drug-likeness (QED) is 0.742. The Morgan fingerprint density at radius 3 is 2.45 bits per heavy atom. The van der Waals surface area contributed by atoms with Crippen molar-refractivity contribution in [2.45, 2.75) is 24.3 Å². The van der Waals surface area contributed by atoms with Crippen LogP contribution >= 0.6 is 0 Å². The van der Waals surface area contributed by atoms with Gasteiger partial charge in [-0.05, 0) is 43.8 Å². The molecule has 1 heterocycles. The summed E-state index contributed by atoms with van der Waals surface area (Å²) >= 11 is 0. The maximum Gasteiger partial charge on any atom is 0.238 e. The number of nitrogens with two attached hydrogens (primary N) is 1. The number of carbonyl (C=O) groups excluding carboxylic acids is 1. The van der Waals surface area contributed by atoms with Gasteiger partial charge in [-0.25, -0.2) is 13.6 Å². The van der Waals surface area contributed by atoms with E-state index in [0.29, 0.717) is 30.4 Å². The number of rotatable bonds is 6. The largest absolute Gasteiger partial charge is 0.490 e. The molecule has 0 saturated carbocycles. The number of hydrogen-bond acceptors (Lipinski definition) is 6. The van der Waals surface area contributed by atoms with Crippen LogP contribution in [0.25, 0.3) is 0 Å². The number of benzene rings is 2. The maximum absolute atomic E-state index is 12.5. The van der Waals surface area contributed by atoms with Crippen molar-refractivity contribution in [1.29, 1.82) is 0 Å². The lowest BCUT2D eigenvalue weighted by Gasteiger charge is -2.24. The lowest BCUT2D eigenvalue weighted by atomic mass is 10.1. The number of likely N-dealkylation sites (N-methyl/N-ethyl adjacent to an activating group) is 1. The van der Waals surface area contributed by atoms with Gasteiger partial charge in [-0.1, -0.05) is 12.1 Å². The molecule has 0 saturated heterocycles. The third-order valence-electron chi connectivity index (χ3n) is 4.78. The Labute approximate surface area is 170 Å². The van der Waals surface area contributed by atoms with E-state index in [1.54, 1.807) is 30.3 Å². The molecule has 1 aliphatic heterocycles. The zero-order valence-corrected chi connectivity index (χ0v) is 17.2. The molecule has 0 radical (unpaired) electrons. The molecule has 3 rings (SSSR count). The number of amides is 1. The third kappa shape index (κ3) is 5.47. The van der Waals surface area contributed by atoms with E-state index < -0.39 is 10.0 Å². The standard InChI is InChI=1S/C20H25N3O5S/c1-14(15-4-7-17(8-5-15)29(21,25)26)23(2)13-20(24)22-16-6-9-18-19(12-16)28-11-3-10-27-18/h4-9,12,14H,3,10-11,13H2,1-2H3,(H,22,24)(H2,21,25,26)/t14-/m1/s1. The van der Waals surface area contributed by atoms with Crippen LogP contribution < -0.4 is 19.9 Å². The summed E-state index contributed by atoms with van der Waals surface area (Å²) in [5.74, 6) is 1.13. The van der Waals surface area contributed by atoms with Crippen LogP contribution in [0.15, 0.2) is 47.4 Å². The van der Waals surface area contributed by atoms with Gasteiger partial charge < -0.3 is 14.8 Å². The number of hydrogen-bond donors (Lipinski definition) is 2. The third-order valence-corrected chi connectivity index (χ3v) is 5.71. The number of nitrogens with zero attached hydrogens (tertiary/aromatic N) is 1. The average Bonchev–Trinajstić information content (AvgIpc) is 2.91. The lowest BCUT2D eigenvalue weighted by Crippen LogP contribution is -2.32. The van der Waals surface area contributed by atoms with Crippen molar-refractivity contribution in [3.05, 3.63) is 48.0 Å². The molecular weight excluding hydrogens is 394 g/mol. The highest BCUT2D eigenvalue weighted by Gasteiger charge is 2.17. The first-order chi connectivity index (χ1) is 13.7. The van der Waals surface area contributed by atoms with E-state index in [1.165, 1.54) is 12.1 Å². The molecule has 1 atom stereocenters. The van der Waals surface area contributed by atoms with Crippen LogP contribution in [-0.2, 0) is 14.8 Å². The Morgan fingerprint density at radius 1 is 1.14 bits per heavy atom. The van der Waals surface area contributed by atoms with Gasteiger partial charge in [-0.3, -0.25) is 9.69 Å². The second kappa shape index (κ2) is 8.81. The van der Waals surface area contributed by atoms with Crippen molar-refractivity contribution in [1.82, 2.24) is 4.90 Å². The first-order valence-corrected chi connectivity index (χ1v) is 10.8. The second-order valence-corrected chi connectivity index (χ2v) is 8.53. The van der Waals surface area contributed by atoms with Crippen molar-refractivity contribution in [2.75, 3.05) is 32.1 Å². The zero-order chi connectivity index (χ0) is 21.0. The van der Waals surface area contributed by atoms with Crippen LogP contribution in [0.3, 0.4) is 0 Å². The molecule has 1 aliphatic rings. The Kier molecular flexibility index (Phi) is 6.41. The smallest absolute Gasteiger partial charge is 0.238 e. The zero-order valence-electron chi connectivity index (χ0n) is 16.4. The predicted molar refractivity (Wildman–Crippen MR) is 110 cm³/mol. The minimum absolute atomic E-state index is 0.0586. The van der Waals surface area contributed by atoms with Crippen LogP contribution in [0.2, 0.25) is 0 Å². The maximum atomic E-state index is 12.5. The summed E-state index contributed by atoms with van der Waals surface area (Å²) in [4.78, 5) is 14.4. The van der Waals surface area contributed by atoms with Crippen molar-refractivity contribution < 1.29 is 22.7 Å². The highest BCUT2D eigenvalue weighted by atomic mass is 32.2. The monoisotopic (exact) mass is 419 g/mol. The fourth-order valence-electron chi connectivity index (χ4n) is 3.00. The van der Waals surface area contributed by atoms with Gasteiger partial charge in [-0.2, -0.15) is 0 Å². The van der Waals surface area contributed by atoms with E-state index in [9.17, 15) is 13.2 Å². The number of nitrogens with one attached hydrogen (secondary N) is 1. The number of anilines is 1. The summed E-state index contributed by atoms with van der Waals surface area (Å²) in [6, 6.07) is 11.6. The highest BCUT2D eigenvalue weighted by Crippen LogP contribution is 2.32. The van der Waals surface area contributed by atoms with Crippen LogP contribution in [0.5, 0.6) is 11.5 Å². The number of primary sulfonamides is 1. The van der Waals surface area contributed by atoms with Gasteiger partial charge in [0, 0.05) is 24.2 Å². The van der Waals surface area contributed by atoms with Crippen LogP contribution in [0, 0.1) is 0 Å². The SMILES string of the molecule is C[C@H](c1ccc(S(N)(=O)=O)cc1)N(C)CC(=O)Nc1ccc2c(c1)OCCCO2. The van der Waals surface area contributed by atoms with Crippen molar-refractivity contribution in [3.63, 3.8) is 0 Å². The topological polar surface area (TPSA) is 111 Å². The van der Waals surface area contributed by atoms with Crippen molar-refractivity contribution >= 4 is 21.6 Å². The molecule has 3 N–H and O–H groups in total. The molecule has 2 aromatic rings. The number of fused-ring (bicyclic) bond motifs is 1. The molecule has 0 fully saturated rings. The summed E-state index contributed by atoms with van der Waals surface area (Å²) in [6.07, 6.45) is 0.817. The average molecular weight is 420 g/mol. The fraction of sp³-hybridized carbons (Fsp3) is 0.350. The molecule has 0 bridgehead atoms. The van der Waals surface area contributed by atoms with Gasteiger partial charge in [0.25, 0.3) is 0 Å². The van der Waals surface area contributed by atoms with E-state index in [1.807, 2.05) is 18.9 Å². The van der Waals surface area contributed by atoms with Gasteiger partial charge in [0.2, 0.25) is 15.9 Å². The van der Waals surface area contributed by atoms with E-state index in [0.717, 1.165) is 12.0 Å². The normalized spacial score (nSPS) is 14.9. The molecule has 0 unspecified atom stereocenters. The molecule has 156 valence electrons. The van der Waals surface area contributed by atoms with Gasteiger partial charge in [0.1, 0.15) is 0 Å². The highest BCUT2D eigenvalue weighted by molar-refractivity contribution is 7.89. The van der Waals surface area contributed by atoms with Crippen LogP contribution in [0.4, 0.5) is 5.69 Å². The van der Waals surface area contributed by atoms with Gasteiger partial charge in [0.05, 0.1) is 24.7 Å². The Balaban J connectivity index is 1.60. The molecule has 0 aliphatic carbocycles. The minimum Gasteiger partial charge on any atom is -0.490 e. The molecule has 0 spiro atoms. The minimum atomic E-state index is -3.72. The summed E-state index contributed by atoms with van der Waals surface area (Å²) in [5, 5.41) is 7.99. The molecule has 29 heavy (non-hydrogen) atoms. The Hall–Kier alpha value is -2.62. The number of ether oxygens (including phenoxy) is 2. The second-order valence-electron chi connectivity index (χ2n) is 6.97. The van der Waals surface area contributed by atoms with E-state index >= 15 is 0 Å². The summed E-state index contributed by atoms with van der Waals surface area (Å²) in [7, 11) is -1.90. The van der Waals surface area contributed by atoms with Gasteiger partial charge in [-0.15, -0.1) is 0 Å². The Bertz CT molecular complexity index is 976. The molecule has 0 aromatic heterocycles. The van der Waals surface area contributed by atoms with Gasteiger partial charge >= 0.3 is 0 Å². The van der Waals surface area contributed by atoms with E-state index in [4.69, 9.17) is 14.6 Å². The lowest BCUT2D eigenvalue weighted by molar-refractivity contribution is -0.117. The van der Waals surface area contributed by atoms with Crippen molar-refractivity contribution in [3.8, 4) is 11.5 Å². The van der Waals surface area contributed by atoms with Crippen LogP contribution in [0.1, 0.15) is 24.9 Å². The summed E-state index contributed by atoms with van der Waals surface area (Å²) in [5.41, 5.74) is 1.51. The number of sulfonamides is 1. The molecule has 8 nitrogen and oxygen atoms in total. The first kappa shape index (κ1) is 21.1. The molecular formula is C20H25N3O5S. The Morgan fingerprint density at radius 2 is 1.79 bits per heavy atom. The van der Waals surface area contributed by atoms with Crippen LogP contribution in [-0.4, -0.2) is 46.0 Å². The summed E-state index contributed by atoms with van der Waals surface area (Å²) in [6.45, 7) is 3.29. The molecule has 1 amide bonds. The van der Waals surface area contributed by atoms with Gasteiger partial charge in [0.15, 0.2) is 11.5 Å². The van der Waals surface area contributed by atoms with Crippen molar-refractivity contribution in [2.24, 2.45) is 5.14 Å². The fourth-order valence-corrected chi connectivity index (χ4v) is 3.51. The van der Waals surface area contributed by atoms with E-state index in [-0.39, 0.29) is 23.4 Å². The predicted octanol–water partition coefficient (Wildman–Crippen LogP) is 2.13. The van der Waals surface area contributed by atoms with E-state index in [2.05, 4.69) is 5.32 Å². The number of carbonyl (C=O) groups is 1. The molecule has 9 heteroatoms.